The van der Waals surface area contributed by atoms with E-state index >= 15 is 0 Å². The summed E-state index contributed by atoms with van der Waals surface area (Å²) < 4.78 is 0. The zero-order valence-electron chi connectivity index (χ0n) is 15.5. The van der Waals surface area contributed by atoms with Gasteiger partial charge < -0.3 is 0 Å². The van der Waals surface area contributed by atoms with E-state index < -0.39 is 0 Å². The molecule has 0 N–H and O–H groups in total. The first-order chi connectivity index (χ1) is 12.2. The fourth-order valence-corrected chi connectivity index (χ4v) is 10.1. The Morgan fingerprint density at radius 2 is 1.08 bits per heavy atom. The van der Waals surface area contributed by atoms with Crippen LogP contribution in [0, 0.1) is 37.5 Å². The lowest BCUT2D eigenvalue weighted by Crippen LogP contribution is -2.49. The Kier molecular flexibility index (Phi) is 4.01. The summed E-state index contributed by atoms with van der Waals surface area (Å²) in [5.74, 6) is 4.09. The predicted octanol–water partition coefficient (Wildman–Crippen LogP) is 5.56. The third kappa shape index (κ3) is 2.69. The quantitative estimate of drug-likeness (QED) is 0.637. The summed E-state index contributed by atoms with van der Waals surface area (Å²) in [5, 5.41) is 3.31. The van der Waals surface area contributed by atoms with Gasteiger partial charge in [-0.05, 0) is 105 Å². The molecule has 0 radical (unpaired) electrons. The maximum atomic E-state index is 2.44. The summed E-state index contributed by atoms with van der Waals surface area (Å²) in [6.07, 6.45) is 7.64. The molecule has 0 spiro atoms. The smallest absolute Gasteiger partial charge is 0.00715 e. The first-order valence-corrected chi connectivity index (χ1v) is 11.5. The maximum Gasteiger partial charge on any atom is -0.00715 e. The molecule has 2 aromatic rings. The van der Waals surface area contributed by atoms with E-state index in [2.05, 4.69) is 62.4 Å². The molecule has 6 rings (SSSR count). The van der Waals surface area contributed by atoms with E-state index in [-0.39, 0.29) is 7.92 Å². The van der Waals surface area contributed by atoms with Gasteiger partial charge in [-0.25, -0.2) is 0 Å². The van der Waals surface area contributed by atoms with Crippen molar-refractivity contribution in [3.63, 3.8) is 0 Å². The van der Waals surface area contributed by atoms with Crippen LogP contribution in [0.25, 0.3) is 0 Å². The average Bonchev–Trinajstić information content (AvgIpc) is 2.59. The van der Waals surface area contributed by atoms with E-state index in [4.69, 9.17) is 0 Å². The highest BCUT2D eigenvalue weighted by Gasteiger charge is 2.51. The Labute approximate surface area is 153 Å². The second-order valence-corrected chi connectivity index (χ2v) is 11.2. The minimum Gasteiger partial charge on any atom is -0.0620 e. The largest absolute Gasteiger partial charge is 0.0620 e. The van der Waals surface area contributed by atoms with E-state index in [9.17, 15) is 0 Å². The Morgan fingerprint density at radius 1 is 0.640 bits per heavy atom. The maximum absolute atomic E-state index is 2.44. The first-order valence-electron chi connectivity index (χ1n) is 10.1. The Morgan fingerprint density at radius 3 is 1.52 bits per heavy atom. The fourth-order valence-electron chi connectivity index (χ4n) is 6.44. The summed E-state index contributed by atoms with van der Waals surface area (Å²) in [4.78, 5) is 0. The van der Waals surface area contributed by atoms with Gasteiger partial charge in [-0.1, -0.05) is 48.5 Å². The van der Waals surface area contributed by atoms with Crippen LogP contribution in [0.3, 0.4) is 0 Å². The molecular weight excluding hydrogens is 319 g/mol. The standard InChI is InChI=1S/C24H29P/c1-16-7-3-5-9-22(16)25(23-10-6-4-8-17(23)2)24-20-12-18-11-19(14-20)15-21(24)13-18/h3-10,18-21,24H,11-15H2,1-2H3. The van der Waals surface area contributed by atoms with E-state index in [1.807, 2.05) is 0 Å². The third-order valence-corrected chi connectivity index (χ3v) is 10.7. The van der Waals surface area contributed by atoms with Crippen molar-refractivity contribution in [3.05, 3.63) is 59.7 Å². The van der Waals surface area contributed by atoms with Crippen molar-refractivity contribution < 1.29 is 0 Å². The van der Waals surface area contributed by atoms with Gasteiger partial charge in [0.1, 0.15) is 0 Å². The Bertz CT molecular complexity index is 704. The second kappa shape index (κ2) is 6.24. The zero-order chi connectivity index (χ0) is 17.0. The van der Waals surface area contributed by atoms with Crippen LogP contribution < -0.4 is 10.6 Å². The van der Waals surface area contributed by atoms with Gasteiger partial charge in [-0.2, -0.15) is 0 Å². The lowest BCUT2D eigenvalue weighted by molar-refractivity contribution is 0.0254. The molecule has 4 bridgehead atoms. The van der Waals surface area contributed by atoms with Crippen LogP contribution >= 0.6 is 7.92 Å². The van der Waals surface area contributed by atoms with E-state index in [0.717, 1.165) is 29.3 Å². The van der Waals surface area contributed by atoms with Crippen LogP contribution in [0.15, 0.2) is 48.5 Å². The summed E-state index contributed by atoms with van der Waals surface area (Å²) in [6.45, 7) is 4.66. The molecule has 0 nitrogen and oxygen atoms in total. The van der Waals surface area contributed by atoms with E-state index in [1.165, 1.54) is 36.8 Å². The topological polar surface area (TPSA) is 0 Å². The van der Waals surface area contributed by atoms with Crippen molar-refractivity contribution in [1.29, 1.82) is 0 Å². The van der Waals surface area contributed by atoms with Gasteiger partial charge in [0.25, 0.3) is 0 Å². The molecule has 2 aromatic carbocycles. The molecule has 0 unspecified atom stereocenters. The minimum absolute atomic E-state index is 0.242. The lowest BCUT2D eigenvalue weighted by Gasteiger charge is -2.56. The molecule has 0 aliphatic heterocycles. The number of hydrogen-bond donors (Lipinski definition) is 0. The normalized spacial score (nSPS) is 33.2. The van der Waals surface area contributed by atoms with Gasteiger partial charge in [-0.15, -0.1) is 0 Å². The number of rotatable bonds is 3. The Balaban J connectivity index is 1.64. The molecule has 0 heterocycles. The molecule has 0 aromatic heterocycles. The molecule has 0 saturated heterocycles. The SMILES string of the molecule is Cc1ccccc1P(c1ccccc1C)C1C2CC3CC(C2)CC1C3. The Hall–Kier alpha value is -1.13. The summed E-state index contributed by atoms with van der Waals surface area (Å²) in [7, 11) is -0.242. The summed E-state index contributed by atoms with van der Waals surface area (Å²) in [6, 6.07) is 18.5. The third-order valence-electron chi connectivity index (χ3n) is 7.23. The van der Waals surface area contributed by atoms with Gasteiger partial charge in [-0.3, -0.25) is 0 Å². The molecule has 4 aliphatic rings. The minimum atomic E-state index is -0.242. The molecule has 1 heteroatoms. The number of benzene rings is 2. The van der Waals surface area contributed by atoms with Crippen molar-refractivity contribution in [2.24, 2.45) is 23.7 Å². The predicted molar refractivity (Wildman–Crippen MR) is 109 cm³/mol. The van der Waals surface area contributed by atoms with Crippen molar-refractivity contribution in [2.75, 3.05) is 0 Å². The highest BCUT2D eigenvalue weighted by atomic mass is 31.1. The van der Waals surface area contributed by atoms with Crippen LogP contribution in [0.5, 0.6) is 0 Å². The molecule has 4 saturated carbocycles. The van der Waals surface area contributed by atoms with Gasteiger partial charge in [0.15, 0.2) is 0 Å². The molecule has 4 aliphatic carbocycles. The highest BCUT2D eigenvalue weighted by Crippen LogP contribution is 2.63. The second-order valence-electron chi connectivity index (χ2n) is 8.86. The summed E-state index contributed by atoms with van der Waals surface area (Å²) >= 11 is 0. The molecular formula is C24H29P. The molecule has 25 heavy (non-hydrogen) atoms. The van der Waals surface area contributed by atoms with Crippen LogP contribution in [-0.4, -0.2) is 5.66 Å². The van der Waals surface area contributed by atoms with Crippen molar-refractivity contribution >= 4 is 18.5 Å². The van der Waals surface area contributed by atoms with Gasteiger partial charge in [0, 0.05) is 0 Å². The van der Waals surface area contributed by atoms with Crippen molar-refractivity contribution in [1.82, 2.24) is 0 Å². The van der Waals surface area contributed by atoms with E-state index in [1.54, 1.807) is 17.0 Å². The molecule has 0 atom stereocenters. The van der Waals surface area contributed by atoms with Crippen molar-refractivity contribution in [2.45, 2.75) is 51.6 Å². The molecule has 130 valence electrons. The van der Waals surface area contributed by atoms with Crippen LogP contribution in [-0.2, 0) is 0 Å². The van der Waals surface area contributed by atoms with Crippen LogP contribution in [0.2, 0.25) is 0 Å². The summed E-state index contributed by atoms with van der Waals surface area (Å²) in [5.41, 5.74) is 3.93. The highest BCUT2D eigenvalue weighted by molar-refractivity contribution is 7.73. The first kappa shape index (κ1) is 16.1. The number of aryl methyl sites for hydroxylation is 2. The fraction of sp³-hybridized carbons (Fsp3) is 0.500. The van der Waals surface area contributed by atoms with Gasteiger partial charge in [0.05, 0.1) is 0 Å². The lowest BCUT2D eigenvalue weighted by atomic mass is 9.56. The monoisotopic (exact) mass is 348 g/mol. The van der Waals surface area contributed by atoms with Crippen LogP contribution in [0.4, 0.5) is 0 Å². The molecule has 0 amide bonds. The average molecular weight is 348 g/mol. The number of hydrogen-bond acceptors (Lipinski definition) is 0. The zero-order valence-corrected chi connectivity index (χ0v) is 16.4. The van der Waals surface area contributed by atoms with E-state index in [0.29, 0.717) is 0 Å². The van der Waals surface area contributed by atoms with Crippen molar-refractivity contribution in [3.8, 4) is 0 Å². The van der Waals surface area contributed by atoms with Gasteiger partial charge >= 0.3 is 0 Å². The van der Waals surface area contributed by atoms with Crippen LogP contribution in [0.1, 0.15) is 43.2 Å². The van der Waals surface area contributed by atoms with Gasteiger partial charge in [0.2, 0.25) is 0 Å². The molecule has 4 fully saturated rings.